The van der Waals surface area contributed by atoms with Gasteiger partial charge in [-0.05, 0) is 80.8 Å². The Hall–Kier alpha value is -3.72. The molecule has 2 aliphatic rings. The minimum absolute atomic E-state index is 0.0402. The molecule has 2 aromatic heterocycles. The highest BCUT2D eigenvalue weighted by molar-refractivity contribution is 5.97. The number of aromatic nitrogens is 4. The van der Waals surface area contributed by atoms with E-state index in [1.165, 1.54) is 64.2 Å². The van der Waals surface area contributed by atoms with Crippen molar-refractivity contribution in [1.29, 1.82) is 0 Å². The van der Waals surface area contributed by atoms with E-state index in [0.717, 1.165) is 52.7 Å². The van der Waals surface area contributed by atoms with Gasteiger partial charge >= 0.3 is 5.97 Å². The number of rotatable bonds is 8. The molecule has 6 rings (SSSR count). The minimum Gasteiger partial charge on any atom is -0.478 e. The van der Waals surface area contributed by atoms with Gasteiger partial charge in [0.1, 0.15) is 11.6 Å². The molecular weight excluding hydrogens is 614 g/mol. The van der Waals surface area contributed by atoms with Gasteiger partial charge in [0.15, 0.2) is 0 Å². The van der Waals surface area contributed by atoms with Crippen LogP contribution in [0.15, 0.2) is 36.4 Å². The second-order valence-electron chi connectivity index (χ2n) is 16.2. The van der Waals surface area contributed by atoms with Crippen molar-refractivity contribution in [2.45, 2.75) is 137 Å². The predicted octanol–water partition coefficient (Wildman–Crippen LogP) is 9.21. The smallest absolute Gasteiger partial charge is 0.335 e. The van der Waals surface area contributed by atoms with Crippen molar-refractivity contribution in [2.24, 2.45) is 11.8 Å². The molecule has 266 valence electrons. The molecule has 2 heterocycles. The summed E-state index contributed by atoms with van der Waals surface area (Å²) >= 11 is 0. The number of benzene rings is 2. The number of aromatic carboxylic acids is 1. The van der Waals surface area contributed by atoms with Crippen molar-refractivity contribution in [3.63, 3.8) is 0 Å². The van der Waals surface area contributed by atoms with Crippen LogP contribution < -0.4 is 5.48 Å². The molecule has 0 radical (unpaired) electrons. The van der Waals surface area contributed by atoms with E-state index in [0.29, 0.717) is 23.7 Å². The average Bonchev–Trinajstić information content (AvgIpc) is 3.63. The van der Waals surface area contributed by atoms with Crippen LogP contribution in [0.4, 0.5) is 0 Å². The summed E-state index contributed by atoms with van der Waals surface area (Å²) in [6.45, 7) is 17.4. The molecule has 2 fully saturated rings. The molecule has 0 bridgehead atoms. The lowest BCUT2D eigenvalue weighted by molar-refractivity contribution is 0.0364. The van der Waals surface area contributed by atoms with Crippen LogP contribution in [0.3, 0.4) is 0 Å². The first kappa shape index (κ1) is 36.6. The average molecular weight is 672 g/mol. The molecule has 0 saturated heterocycles. The van der Waals surface area contributed by atoms with Crippen LogP contribution in [0.25, 0.3) is 22.1 Å². The molecular formula is C40H57N5O4. The monoisotopic (exact) mass is 671 g/mol. The van der Waals surface area contributed by atoms with Crippen LogP contribution in [0.5, 0.6) is 0 Å². The third-order valence-corrected chi connectivity index (χ3v) is 9.99. The van der Waals surface area contributed by atoms with Crippen LogP contribution >= 0.6 is 0 Å². The molecule has 2 saturated carbocycles. The highest BCUT2D eigenvalue weighted by Crippen LogP contribution is 2.33. The number of hydrogen-bond acceptors (Lipinski definition) is 5. The highest BCUT2D eigenvalue weighted by Gasteiger charge is 2.27. The van der Waals surface area contributed by atoms with E-state index in [1.807, 2.05) is 31.2 Å². The number of fused-ring (bicyclic) bond motifs is 2. The summed E-state index contributed by atoms with van der Waals surface area (Å²) in [4.78, 5) is 38.1. The molecule has 0 atom stereocenters. The van der Waals surface area contributed by atoms with Gasteiger partial charge in [0.2, 0.25) is 0 Å². The van der Waals surface area contributed by atoms with Crippen LogP contribution in [0, 0.1) is 11.8 Å². The predicted molar refractivity (Wildman–Crippen MR) is 196 cm³/mol. The number of amides is 1. The Morgan fingerprint density at radius 2 is 1.16 bits per heavy atom. The van der Waals surface area contributed by atoms with Gasteiger partial charge in [0.25, 0.3) is 5.91 Å². The first-order chi connectivity index (χ1) is 23.3. The number of nitrogens with zero attached hydrogens (tertiary/aromatic N) is 4. The van der Waals surface area contributed by atoms with Gasteiger partial charge in [-0.2, -0.15) is 0 Å². The maximum absolute atomic E-state index is 12.2. The summed E-state index contributed by atoms with van der Waals surface area (Å²) in [6.07, 6.45) is 13.2. The molecule has 9 heteroatoms. The molecule has 4 aromatic rings. The third kappa shape index (κ3) is 8.91. The number of hydroxylamine groups is 1. The Morgan fingerprint density at radius 3 is 1.57 bits per heavy atom. The van der Waals surface area contributed by atoms with Gasteiger partial charge in [0, 0.05) is 29.5 Å². The van der Waals surface area contributed by atoms with E-state index >= 15 is 0 Å². The van der Waals surface area contributed by atoms with E-state index in [-0.39, 0.29) is 16.7 Å². The maximum Gasteiger partial charge on any atom is 0.335 e. The number of hydrogen-bond donors (Lipinski definition) is 2. The molecule has 2 aromatic carbocycles. The molecule has 0 aliphatic heterocycles. The second kappa shape index (κ2) is 15.4. The molecule has 2 N–H and O–H groups in total. The van der Waals surface area contributed by atoms with Gasteiger partial charge in [-0.3, -0.25) is 9.63 Å². The lowest BCUT2D eigenvalue weighted by Gasteiger charge is -2.26. The fourth-order valence-electron chi connectivity index (χ4n) is 7.50. The topological polar surface area (TPSA) is 111 Å². The number of imidazole rings is 2. The van der Waals surface area contributed by atoms with Crippen LogP contribution in [0.1, 0.15) is 145 Å². The zero-order chi connectivity index (χ0) is 35.3. The summed E-state index contributed by atoms with van der Waals surface area (Å²) in [5.41, 5.74) is 7.10. The van der Waals surface area contributed by atoms with Crippen LogP contribution in [0.2, 0.25) is 0 Å². The standard InChI is InChI=1S/C21H31N3O2.C19H26N2O2/c1-5-26-23-19(25)16-11-12-18-17(13-16)22-20(21(2,3)4)24(18)14-15-9-7-6-8-10-15;1-19(2,3)18-20-15-11-14(17(22)23)9-10-16(15)21(18)12-13-7-5-4-6-8-13/h11-13,15H,5-10,14H2,1-4H3,(H,23,25);9-11,13H,4-8,12H2,1-3H3,(H,22,23). The Kier molecular flexibility index (Phi) is 11.5. The van der Waals surface area contributed by atoms with E-state index in [1.54, 1.807) is 12.1 Å². The van der Waals surface area contributed by atoms with Crippen LogP contribution in [-0.2, 0) is 28.8 Å². The summed E-state index contributed by atoms with van der Waals surface area (Å²) in [6, 6.07) is 11.1. The van der Waals surface area contributed by atoms with Gasteiger partial charge < -0.3 is 14.2 Å². The van der Waals surface area contributed by atoms with E-state index in [2.05, 4.69) is 56.2 Å². The van der Waals surface area contributed by atoms with Crippen molar-refractivity contribution in [3.05, 3.63) is 59.2 Å². The van der Waals surface area contributed by atoms with Crippen molar-refractivity contribution in [3.8, 4) is 0 Å². The first-order valence-corrected chi connectivity index (χ1v) is 18.4. The maximum atomic E-state index is 12.2. The number of carbonyl (C=O) groups excluding carboxylic acids is 1. The van der Waals surface area contributed by atoms with Gasteiger partial charge in [-0.1, -0.05) is 80.1 Å². The van der Waals surface area contributed by atoms with Crippen LogP contribution in [-0.4, -0.2) is 42.7 Å². The molecule has 2 aliphatic carbocycles. The lowest BCUT2D eigenvalue weighted by Crippen LogP contribution is -2.23. The zero-order valence-corrected chi connectivity index (χ0v) is 30.8. The van der Waals surface area contributed by atoms with Crippen molar-refractivity contribution < 1.29 is 19.5 Å². The summed E-state index contributed by atoms with van der Waals surface area (Å²) < 4.78 is 4.71. The largest absolute Gasteiger partial charge is 0.478 e. The number of carboxylic acids is 1. The lowest BCUT2D eigenvalue weighted by atomic mass is 9.88. The molecule has 0 unspecified atom stereocenters. The van der Waals surface area contributed by atoms with Crippen molar-refractivity contribution >= 4 is 33.9 Å². The Morgan fingerprint density at radius 1 is 0.735 bits per heavy atom. The van der Waals surface area contributed by atoms with Crippen molar-refractivity contribution in [2.75, 3.05) is 6.61 Å². The van der Waals surface area contributed by atoms with Gasteiger partial charge in [-0.25, -0.2) is 20.2 Å². The molecule has 49 heavy (non-hydrogen) atoms. The van der Waals surface area contributed by atoms with E-state index in [9.17, 15) is 14.7 Å². The van der Waals surface area contributed by atoms with E-state index < -0.39 is 5.97 Å². The quantitative estimate of drug-likeness (QED) is 0.181. The Bertz CT molecular complexity index is 1740. The zero-order valence-electron chi connectivity index (χ0n) is 30.8. The summed E-state index contributed by atoms with van der Waals surface area (Å²) in [5, 5.41) is 9.21. The third-order valence-electron chi connectivity index (χ3n) is 9.99. The SMILES string of the molecule is CC(C)(C)c1nc2cc(C(=O)O)ccc2n1CC1CCCCC1.CCONC(=O)c1ccc2c(c1)nc(C(C)(C)C)n2CC1CCCCC1. The number of carbonyl (C=O) groups is 2. The minimum atomic E-state index is -0.897. The summed E-state index contributed by atoms with van der Waals surface area (Å²) in [7, 11) is 0. The molecule has 0 spiro atoms. The Labute approximate surface area is 291 Å². The molecule has 1 amide bonds. The fourth-order valence-corrected chi connectivity index (χ4v) is 7.50. The van der Waals surface area contributed by atoms with Gasteiger partial charge in [0.05, 0.1) is 34.2 Å². The van der Waals surface area contributed by atoms with E-state index in [4.69, 9.17) is 14.8 Å². The fraction of sp³-hybridized carbons (Fsp3) is 0.600. The second-order valence-corrected chi connectivity index (χ2v) is 16.2. The Balaban J connectivity index is 0.000000192. The number of carboxylic acid groups (broad SMARTS) is 1. The summed E-state index contributed by atoms with van der Waals surface area (Å²) in [5.74, 6) is 2.46. The van der Waals surface area contributed by atoms with Gasteiger partial charge in [-0.15, -0.1) is 0 Å². The first-order valence-electron chi connectivity index (χ1n) is 18.4. The normalized spacial score (nSPS) is 16.5. The number of nitrogens with one attached hydrogen (secondary N) is 1. The highest BCUT2D eigenvalue weighted by atomic mass is 16.6. The molecule has 9 nitrogen and oxygen atoms in total. The van der Waals surface area contributed by atoms with Crippen molar-refractivity contribution in [1.82, 2.24) is 24.6 Å².